The van der Waals surface area contributed by atoms with Crippen molar-refractivity contribution in [1.82, 2.24) is 0 Å². The molecule has 0 aliphatic heterocycles. The van der Waals surface area contributed by atoms with Crippen molar-refractivity contribution in [3.8, 4) is 11.5 Å². The van der Waals surface area contributed by atoms with Gasteiger partial charge >= 0.3 is 0 Å². The predicted molar refractivity (Wildman–Crippen MR) is 76.9 cm³/mol. The summed E-state index contributed by atoms with van der Waals surface area (Å²) in [5, 5.41) is 19.1. The highest BCUT2D eigenvalue weighted by molar-refractivity contribution is 7.99. The summed E-state index contributed by atoms with van der Waals surface area (Å²) in [6.07, 6.45) is 0. The lowest BCUT2D eigenvalue weighted by Crippen LogP contribution is -3.04. The fraction of sp³-hybridized carbons (Fsp3) is 0.200. The van der Waals surface area contributed by atoms with E-state index in [2.05, 4.69) is 26.2 Å². The maximum absolute atomic E-state index is 9.84. The number of phenolic OH excluding ortho intramolecular Hbond substituents is 2. The predicted octanol–water partition coefficient (Wildman–Crippen LogP) is 1.89. The van der Waals surface area contributed by atoms with Crippen molar-refractivity contribution in [2.75, 3.05) is 14.1 Å². The maximum Gasteiger partial charge on any atom is 0.133 e. The van der Waals surface area contributed by atoms with E-state index in [0.717, 1.165) is 16.3 Å². The summed E-state index contributed by atoms with van der Waals surface area (Å²) < 4.78 is 0. The Hall–Kier alpha value is -1.65. The van der Waals surface area contributed by atoms with Crippen molar-refractivity contribution >= 4 is 11.8 Å². The Morgan fingerprint density at radius 2 is 1.74 bits per heavy atom. The number of benzene rings is 2. The van der Waals surface area contributed by atoms with Crippen LogP contribution in [0.25, 0.3) is 0 Å². The first-order chi connectivity index (χ1) is 9.06. The van der Waals surface area contributed by atoms with E-state index in [9.17, 15) is 10.2 Å². The molecule has 0 spiro atoms. The number of rotatable bonds is 4. The molecule has 0 fully saturated rings. The van der Waals surface area contributed by atoms with Gasteiger partial charge in [0.15, 0.2) is 0 Å². The van der Waals surface area contributed by atoms with E-state index in [1.54, 1.807) is 12.1 Å². The van der Waals surface area contributed by atoms with Crippen LogP contribution in [0, 0.1) is 0 Å². The molecule has 0 heterocycles. The van der Waals surface area contributed by atoms with Gasteiger partial charge in [-0.05, 0) is 18.2 Å². The van der Waals surface area contributed by atoms with Crippen LogP contribution in [0.3, 0.4) is 0 Å². The summed E-state index contributed by atoms with van der Waals surface area (Å²) in [5.41, 5.74) is 1.25. The van der Waals surface area contributed by atoms with E-state index in [1.165, 1.54) is 28.3 Å². The quantitative estimate of drug-likeness (QED) is 0.799. The molecule has 2 rings (SSSR count). The van der Waals surface area contributed by atoms with Crippen LogP contribution < -0.4 is 4.90 Å². The van der Waals surface area contributed by atoms with Crippen LogP contribution in [0.15, 0.2) is 52.3 Å². The topological polar surface area (TPSA) is 44.9 Å². The van der Waals surface area contributed by atoms with Crippen LogP contribution in [0.5, 0.6) is 11.5 Å². The molecule has 2 aromatic rings. The minimum absolute atomic E-state index is 0.0767. The molecular weight excluding hydrogens is 258 g/mol. The van der Waals surface area contributed by atoms with Gasteiger partial charge in [-0.1, -0.05) is 30.0 Å². The second kappa shape index (κ2) is 5.99. The lowest BCUT2D eigenvalue weighted by molar-refractivity contribution is -0.872. The number of aromatic hydroxyl groups is 2. The minimum Gasteiger partial charge on any atom is -0.508 e. The van der Waals surface area contributed by atoms with Crippen LogP contribution in [-0.4, -0.2) is 24.3 Å². The molecule has 3 N–H and O–H groups in total. The van der Waals surface area contributed by atoms with Crippen molar-refractivity contribution in [1.29, 1.82) is 0 Å². The Bertz CT molecular complexity index is 570. The standard InChI is InChI=1S/C15H17NO2S/c1-16(2)10-11-5-3-4-6-14(11)19-15-8-7-12(17)9-13(15)18/h3-9,17-18H,10H2,1-2H3/p+1. The normalized spacial score (nSPS) is 10.9. The largest absolute Gasteiger partial charge is 0.508 e. The average molecular weight is 276 g/mol. The Morgan fingerprint density at radius 1 is 1.00 bits per heavy atom. The molecule has 0 atom stereocenters. The van der Waals surface area contributed by atoms with E-state index in [0.29, 0.717) is 0 Å². The smallest absolute Gasteiger partial charge is 0.133 e. The van der Waals surface area contributed by atoms with Gasteiger partial charge < -0.3 is 15.1 Å². The number of hydrogen-bond acceptors (Lipinski definition) is 3. The van der Waals surface area contributed by atoms with Crippen molar-refractivity contribution in [2.45, 2.75) is 16.3 Å². The molecule has 4 heteroatoms. The molecule has 100 valence electrons. The first-order valence-corrected chi connectivity index (χ1v) is 6.94. The van der Waals surface area contributed by atoms with Crippen molar-refractivity contribution in [3.63, 3.8) is 0 Å². The summed E-state index contributed by atoms with van der Waals surface area (Å²) in [7, 11) is 4.22. The zero-order valence-electron chi connectivity index (χ0n) is 11.1. The average Bonchev–Trinajstić information content (AvgIpc) is 2.34. The van der Waals surface area contributed by atoms with Gasteiger partial charge in [0.05, 0.1) is 19.0 Å². The van der Waals surface area contributed by atoms with Gasteiger partial charge in [-0.25, -0.2) is 0 Å². The van der Waals surface area contributed by atoms with Crippen molar-refractivity contribution in [2.24, 2.45) is 0 Å². The fourth-order valence-corrected chi connectivity index (χ4v) is 2.80. The third kappa shape index (κ3) is 3.66. The van der Waals surface area contributed by atoms with E-state index in [-0.39, 0.29) is 11.5 Å². The molecule has 0 aromatic heterocycles. The SMILES string of the molecule is C[NH+](C)Cc1ccccc1Sc1ccc(O)cc1O. The summed E-state index contributed by atoms with van der Waals surface area (Å²) in [4.78, 5) is 3.23. The highest BCUT2D eigenvalue weighted by Gasteiger charge is 2.09. The van der Waals surface area contributed by atoms with Crippen LogP contribution in [0.1, 0.15) is 5.56 Å². The summed E-state index contributed by atoms with van der Waals surface area (Å²) in [5.74, 6) is 0.185. The van der Waals surface area contributed by atoms with Crippen LogP contribution >= 0.6 is 11.8 Å². The number of quaternary nitrogens is 1. The molecular formula is C15H18NO2S+. The Morgan fingerprint density at radius 3 is 2.42 bits per heavy atom. The van der Waals surface area contributed by atoms with Crippen LogP contribution in [0.4, 0.5) is 0 Å². The van der Waals surface area contributed by atoms with Gasteiger partial charge in [0.1, 0.15) is 18.0 Å². The van der Waals surface area contributed by atoms with Gasteiger partial charge in [0.2, 0.25) is 0 Å². The summed E-state index contributed by atoms with van der Waals surface area (Å²) in [6, 6.07) is 12.9. The lowest BCUT2D eigenvalue weighted by Gasteiger charge is -2.12. The highest BCUT2D eigenvalue weighted by atomic mass is 32.2. The molecule has 0 unspecified atom stereocenters. The highest BCUT2D eigenvalue weighted by Crippen LogP contribution is 2.37. The van der Waals surface area contributed by atoms with E-state index < -0.39 is 0 Å². The molecule has 3 nitrogen and oxygen atoms in total. The number of hydrogen-bond donors (Lipinski definition) is 3. The molecule has 0 aliphatic rings. The second-order valence-electron chi connectivity index (χ2n) is 4.75. The summed E-state index contributed by atoms with van der Waals surface area (Å²) in [6.45, 7) is 0.933. The van der Waals surface area contributed by atoms with Crippen molar-refractivity contribution in [3.05, 3.63) is 48.0 Å². The zero-order chi connectivity index (χ0) is 13.8. The van der Waals surface area contributed by atoms with Gasteiger partial charge in [-0.3, -0.25) is 0 Å². The van der Waals surface area contributed by atoms with E-state index in [4.69, 9.17) is 0 Å². The molecule has 0 amide bonds. The van der Waals surface area contributed by atoms with Gasteiger partial charge in [0.25, 0.3) is 0 Å². The van der Waals surface area contributed by atoms with E-state index >= 15 is 0 Å². The Labute approximate surface area is 117 Å². The number of phenols is 2. The number of nitrogens with one attached hydrogen (secondary N) is 1. The first kappa shape index (κ1) is 13.8. The Kier molecular flexibility index (Phi) is 4.35. The third-order valence-corrected chi connectivity index (χ3v) is 3.86. The van der Waals surface area contributed by atoms with Gasteiger partial charge in [0, 0.05) is 16.5 Å². The molecule has 0 saturated carbocycles. The first-order valence-electron chi connectivity index (χ1n) is 6.13. The molecule has 0 saturated heterocycles. The molecule has 0 bridgehead atoms. The molecule has 2 aromatic carbocycles. The fourth-order valence-electron chi connectivity index (χ4n) is 1.84. The van der Waals surface area contributed by atoms with E-state index in [1.807, 2.05) is 12.1 Å². The lowest BCUT2D eigenvalue weighted by atomic mass is 10.2. The molecule has 19 heavy (non-hydrogen) atoms. The van der Waals surface area contributed by atoms with Crippen molar-refractivity contribution < 1.29 is 15.1 Å². The Balaban J connectivity index is 2.27. The molecule has 0 aliphatic carbocycles. The minimum atomic E-state index is 0.0767. The van der Waals surface area contributed by atoms with Crippen LogP contribution in [0.2, 0.25) is 0 Å². The summed E-state index contributed by atoms with van der Waals surface area (Å²) >= 11 is 1.52. The van der Waals surface area contributed by atoms with Gasteiger partial charge in [-0.15, -0.1) is 0 Å². The second-order valence-corrected chi connectivity index (χ2v) is 5.83. The zero-order valence-corrected chi connectivity index (χ0v) is 11.9. The van der Waals surface area contributed by atoms with Gasteiger partial charge in [-0.2, -0.15) is 0 Å². The maximum atomic E-state index is 9.84. The monoisotopic (exact) mass is 276 g/mol. The third-order valence-electron chi connectivity index (χ3n) is 2.68. The van der Waals surface area contributed by atoms with Crippen LogP contribution in [-0.2, 0) is 6.54 Å². The molecule has 0 radical (unpaired) electrons.